The Kier molecular flexibility index (Phi) is 5.10. The molecule has 7 nitrogen and oxygen atoms in total. The van der Waals surface area contributed by atoms with Crippen LogP contribution in [0.1, 0.15) is 23.1 Å². The lowest BCUT2D eigenvalue weighted by atomic mass is 10.00. The quantitative estimate of drug-likeness (QED) is 0.828. The number of carbonyl (C=O) groups is 2. The molecule has 2 aromatic rings. The van der Waals surface area contributed by atoms with Crippen LogP contribution in [-0.4, -0.2) is 64.9 Å². The topological polar surface area (TPSA) is 68.2 Å². The number of aliphatic imine (C=N–C) groups is 1. The van der Waals surface area contributed by atoms with Crippen LogP contribution in [-0.2, 0) is 24.2 Å². The number of hydrogen-bond donors (Lipinski definition) is 1. The highest BCUT2D eigenvalue weighted by Crippen LogP contribution is 2.28. The molecule has 5 rings (SSSR count). The molecule has 2 atom stereocenters. The number of benzene rings is 2. The highest BCUT2D eigenvalue weighted by atomic mass is 16.2. The van der Waals surface area contributed by atoms with Gasteiger partial charge in [-0.2, -0.15) is 0 Å². The van der Waals surface area contributed by atoms with Gasteiger partial charge in [-0.05, 0) is 36.0 Å². The summed E-state index contributed by atoms with van der Waals surface area (Å²) in [4.78, 5) is 35.8. The Morgan fingerprint density at radius 1 is 1.03 bits per heavy atom. The third-order valence-electron chi connectivity index (χ3n) is 6.46. The van der Waals surface area contributed by atoms with Crippen molar-refractivity contribution in [2.75, 3.05) is 20.1 Å². The van der Waals surface area contributed by atoms with E-state index in [1.807, 2.05) is 6.07 Å². The van der Waals surface area contributed by atoms with Gasteiger partial charge in [-0.3, -0.25) is 10.1 Å². The number of urea groups is 1. The molecule has 0 aliphatic carbocycles. The van der Waals surface area contributed by atoms with Crippen LogP contribution in [0.4, 0.5) is 4.79 Å². The van der Waals surface area contributed by atoms with E-state index in [0.717, 1.165) is 38.3 Å². The maximum Gasteiger partial charge on any atom is 0.325 e. The van der Waals surface area contributed by atoms with Crippen molar-refractivity contribution in [2.24, 2.45) is 4.99 Å². The van der Waals surface area contributed by atoms with Crippen LogP contribution in [0.5, 0.6) is 0 Å². The lowest BCUT2D eigenvalue weighted by Crippen LogP contribution is -2.64. The zero-order valence-electron chi connectivity index (χ0n) is 17.7. The van der Waals surface area contributed by atoms with Gasteiger partial charge < -0.3 is 14.7 Å². The van der Waals surface area contributed by atoms with Crippen molar-refractivity contribution in [1.29, 1.82) is 0 Å². The third kappa shape index (κ3) is 3.65. The van der Waals surface area contributed by atoms with Crippen molar-refractivity contribution in [3.63, 3.8) is 0 Å². The van der Waals surface area contributed by atoms with Gasteiger partial charge in [0.25, 0.3) is 5.91 Å². The van der Waals surface area contributed by atoms with Crippen LogP contribution in [0.15, 0.2) is 59.6 Å². The largest absolute Gasteiger partial charge is 0.338 e. The van der Waals surface area contributed by atoms with Crippen LogP contribution in [0.3, 0.4) is 0 Å². The van der Waals surface area contributed by atoms with E-state index in [1.165, 1.54) is 16.7 Å². The molecule has 1 N–H and O–H groups in total. The highest BCUT2D eigenvalue weighted by Gasteiger charge is 2.49. The van der Waals surface area contributed by atoms with Crippen LogP contribution >= 0.6 is 0 Å². The lowest BCUT2D eigenvalue weighted by Gasteiger charge is -2.39. The highest BCUT2D eigenvalue weighted by molar-refractivity contribution is 6.03. The average Bonchev–Trinajstić information content (AvgIpc) is 3.18. The Hall–Kier alpha value is -3.35. The number of guanidine groups is 1. The zero-order valence-corrected chi connectivity index (χ0v) is 17.7. The number of carbonyl (C=O) groups excluding carboxylic acids is 2. The Balaban J connectivity index is 1.39. The molecular weight excluding hydrogens is 390 g/mol. The molecule has 1 fully saturated rings. The molecule has 0 radical (unpaired) electrons. The fourth-order valence-corrected chi connectivity index (χ4v) is 4.78. The molecule has 3 aliphatic rings. The Morgan fingerprint density at radius 2 is 1.77 bits per heavy atom. The summed E-state index contributed by atoms with van der Waals surface area (Å²) in [5.74, 6) is 0.568. The van der Waals surface area contributed by atoms with E-state index < -0.39 is 12.2 Å². The number of likely N-dealkylation sites (N-methyl/N-ethyl adjacent to an activating group) is 1. The normalized spacial score (nSPS) is 22.7. The summed E-state index contributed by atoms with van der Waals surface area (Å²) in [5.41, 5.74) is 3.95. The fourth-order valence-electron chi connectivity index (χ4n) is 4.78. The van der Waals surface area contributed by atoms with Gasteiger partial charge in [0.1, 0.15) is 0 Å². The second-order valence-electron chi connectivity index (χ2n) is 8.42. The molecule has 0 spiro atoms. The minimum Gasteiger partial charge on any atom is -0.338 e. The summed E-state index contributed by atoms with van der Waals surface area (Å²) in [6.45, 7) is 2.33. The summed E-state index contributed by atoms with van der Waals surface area (Å²) in [5, 5.41) is 2.49. The van der Waals surface area contributed by atoms with Crippen molar-refractivity contribution in [3.05, 3.63) is 71.3 Å². The number of rotatable bonds is 4. The van der Waals surface area contributed by atoms with Crippen LogP contribution in [0.2, 0.25) is 0 Å². The van der Waals surface area contributed by atoms with Crippen molar-refractivity contribution < 1.29 is 9.59 Å². The number of nitrogens with one attached hydrogen (secondary N) is 1. The SMILES string of the molecule is CN1C(=O)NC(=O)C2C1N=C(N1CCc3ccccc3C1)N2CCCc1ccccc1. The smallest absolute Gasteiger partial charge is 0.325 e. The molecule has 3 aliphatic heterocycles. The molecule has 2 aromatic carbocycles. The maximum absolute atomic E-state index is 12.8. The van der Waals surface area contributed by atoms with Crippen molar-refractivity contribution in [1.82, 2.24) is 20.0 Å². The Morgan fingerprint density at radius 3 is 2.58 bits per heavy atom. The number of nitrogens with zero attached hydrogens (tertiary/aromatic N) is 4. The summed E-state index contributed by atoms with van der Waals surface area (Å²) >= 11 is 0. The summed E-state index contributed by atoms with van der Waals surface area (Å²) in [6, 6.07) is 18.0. The standard InChI is InChI=1S/C24H27N5O2/c1-27-21-20(22(30)26-24(27)31)29(14-7-10-17-8-3-2-4-9-17)23(25-21)28-15-13-18-11-5-6-12-19(18)16-28/h2-6,8-9,11-12,20-21H,7,10,13-16H2,1H3,(H,26,30,31). The molecular formula is C24H27N5O2. The Bertz CT molecular complexity index is 1020. The van der Waals surface area contributed by atoms with E-state index in [4.69, 9.17) is 4.99 Å². The van der Waals surface area contributed by atoms with Gasteiger partial charge in [0, 0.05) is 26.7 Å². The van der Waals surface area contributed by atoms with Gasteiger partial charge >= 0.3 is 6.03 Å². The van der Waals surface area contributed by atoms with E-state index in [1.54, 1.807) is 11.9 Å². The molecule has 3 amide bonds. The number of amides is 3. The maximum atomic E-state index is 12.8. The van der Waals surface area contributed by atoms with Gasteiger partial charge in [-0.15, -0.1) is 0 Å². The summed E-state index contributed by atoms with van der Waals surface area (Å²) in [6.07, 6.45) is 2.30. The van der Waals surface area contributed by atoms with Crippen molar-refractivity contribution >= 4 is 17.9 Å². The predicted molar refractivity (Wildman–Crippen MR) is 118 cm³/mol. The molecule has 2 unspecified atom stereocenters. The van der Waals surface area contributed by atoms with Crippen molar-refractivity contribution in [2.45, 2.75) is 38.0 Å². The van der Waals surface area contributed by atoms with Gasteiger partial charge in [-0.25, -0.2) is 9.79 Å². The fraction of sp³-hybridized carbons (Fsp3) is 0.375. The first-order chi connectivity index (χ1) is 15.1. The number of aryl methyl sites for hydroxylation is 1. The first-order valence-corrected chi connectivity index (χ1v) is 10.9. The molecule has 7 heteroatoms. The predicted octanol–water partition coefficient (Wildman–Crippen LogP) is 2.23. The number of hydrogen-bond acceptors (Lipinski definition) is 5. The number of imide groups is 1. The first kappa shape index (κ1) is 19.6. The zero-order chi connectivity index (χ0) is 21.4. The molecule has 3 heterocycles. The van der Waals surface area contributed by atoms with E-state index in [9.17, 15) is 9.59 Å². The van der Waals surface area contributed by atoms with Crippen molar-refractivity contribution in [3.8, 4) is 0 Å². The molecule has 1 saturated heterocycles. The van der Waals surface area contributed by atoms with E-state index in [-0.39, 0.29) is 11.9 Å². The van der Waals surface area contributed by atoms with Crippen LogP contribution in [0, 0.1) is 0 Å². The summed E-state index contributed by atoms with van der Waals surface area (Å²) < 4.78 is 0. The molecule has 0 bridgehead atoms. The van der Waals surface area contributed by atoms with E-state index in [2.05, 4.69) is 63.6 Å². The molecule has 31 heavy (non-hydrogen) atoms. The van der Waals surface area contributed by atoms with Gasteiger partial charge in [-0.1, -0.05) is 54.6 Å². The van der Waals surface area contributed by atoms with Crippen LogP contribution in [0.25, 0.3) is 0 Å². The summed E-state index contributed by atoms with van der Waals surface area (Å²) in [7, 11) is 1.71. The minimum atomic E-state index is -0.481. The number of fused-ring (bicyclic) bond motifs is 2. The molecule has 0 aromatic heterocycles. The van der Waals surface area contributed by atoms with E-state index >= 15 is 0 Å². The first-order valence-electron chi connectivity index (χ1n) is 10.9. The monoisotopic (exact) mass is 417 g/mol. The lowest BCUT2D eigenvalue weighted by molar-refractivity contribution is -0.127. The second-order valence-corrected chi connectivity index (χ2v) is 8.42. The van der Waals surface area contributed by atoms with Crippen LogP contribution < -0.4 is 5.32 Å². The second kappa shape index (κ2) is 8.06. The van der Waals surface area contributed by atoms with Gasteiger partial charge in [0.05, 0.1) is 0 Å². The third-order valence-corrected chi connectivity index (χ3v) is 6.46. The van der Waals surface area contributed by atoms with Gasteiger partial charge in [0.2, 0.25) is 0 Å². The Labute approximate surface area is 182 Å². The molecule has 160 valence electrons. The molecule has 0 saturated carbocycles. The van der Waals surface area contributed by atoms with E-state index in [0.29, 0.717) is 6.54 Å². The van der Waals surface area contributed by atoms with Gasteiger partial charge in [0.15, 0.2) is 18.2 Å². The minimum absolute atomic E-state index is 0.260. The average molecular weight is 418 g/mol.